The number of nitrogens with zero attached hydrogens (tertiary/aromatic N) is 4. The lowest BCUT2D eigenvalue weighted by atomic mass is 9.99. The highest BCUT2D eigenvalue weighted by molar-refractivity contribution is 7.12. The van der Waals surface area contributed by atoms with Crippen LogP contribution in [0.25, 0.3) is 16.9 Å². The van der Waals surface area contributed by atoms with Crippen molar-refractivity contribution in [3.63, 3.8) is 0 Å². The first kappa shape index (κ1) is 19.0. The van der Waals surface area contributed by atoms with Gasteiger partial charge in [0.25, 0.3) is 0 Å². The molecular formula is C23H20N4OS2. The Morgan fingerprint density at radius 1 is 1.13 bits per heavy atom. The summed E-state index contributed by atoms with van der Waals surface area (Å²) in [4.78, 5) is 13.9. The fourth-order valence-electron chi connectivity index (χ4n) is 3.70. The van der Waals surface area contributed by atoms with Crippen LogP contribution in [0.3, 0.4) is 0 Å². The minimum absolute atomic E-state index is 0.0234. The monoisotopic (exact) mass is 432 g/mol. The molecule has 1 amide bonds. The molecule has 0 fully saturated rings. The number of rotatable bonds is 5. The lowest BCUT2D eigenvalue weighted by molar-refractivity contribution is -0.132. The standard InChI is InChI=1S/C23H20N4OS2/c1-2-22(28)27-20(13-19(24-27)21-9-6-11-30-21)18-14-26(17-7-4-3-5-8-17)25-23(18)16-10-12-29-15-16/h3-12,14-15,20H,2,13H2,1H3/t20-/m0/s1. The first-order chi connectivity index (χ1) is 14.7. The number of thiophene rings is 2. The second kappa shape index (κ2) is 8.01. The average molecular weight is 433 g/mol. The molecule has 0 aliphatic carbocycles. The van der Waals surface area contributed by atoms with Crippen LogP contribution in [0.1, 0.15) is 36.2 Å². The third-order valence-electron chi connectivity index (χ3n) is 5.19. The van der Waals surface area contributed by atoms with Crippen molar-refractivity contribution >= 4 is 34.3 Å². The summed E-state index contributed by atoms with van der Waals surface area (Å²) in [6.07, 6.45) is 3.15. The maximum Gasteiger partial charge on any atom is 0.242 e. The molecule has 0 saturated heterocycles. The van der Waals surface area contributed by atoms with Crippen molar-refractivity contribution in [1.82, 2.24) is 14.8 Å². The number of hydrogen-bond donors (Lipinski definition) is 0. The molecule has 150 valence electrons. The summed E-state index contributed by atoms with van der Waals surface area (Å²) in [5.41, 5.74) is 4.95. The van der Waals surface area contributed by atoms with E-state index in [4.69, 9.17) is 10.2 Å². The summed E-state index contributed by atoms with van der Waals surface area (Å²) in [6.45, 7) is 1.88. The van der Waals surface area contributed by atoms with E-state index < -0.39 is 0 Å². The zero-order valence-electron chi connectivity index (χ0n) is 16.4. The maximum absolute atomic E-state index is 12.8. The number of hydrogen-bond acceptors (Lipinski definition) is 5. The molecule has 7 heteroatoms. The third-order valence-corrected chi connectivity index (χ3v) is 6.79. The number of aromatic nitrogens is 2. The lowest BCUT2D eigenvalue weighted by Gasteiger charge is -2.21. The van der Waals surface area contributed by atoms with Gasteiger partial charge >= 0.3 is 0 Å². The van der Waals surface area contributed by atoms with Crippen LogP contribution < -0.4 is 0 Å². The van der Waals surface area contributed by atoms with Crippen LogP contribution in [0, 0.1) is 0 Å². The van der Waals surface area contributed by atoms with Crippen molar-refractivity contribution in [1.29, 1.82) is 0 Å². The van der Waals surface area contributed by atoms with Crippen molar-refractivity contribution in [2.75, 3.05) is 0 Å². The highest BCUT2D eigenvalue weighted by atomic mass is 32.1. The van der Waals surface area contributed by atoms with Crippen LogP contribution in [0.2, 0.25) is 0 Å². The van der Waals surface area contributed by atoms with Gasteiger partial charge in [0.05, 0.1) is 28.0 Å². The Morgan fingerprint density at radius 2 is 2.00 bits per heavy atom. The first-order valence-electron chi connectivity index (χ1n) is 9.85. The number of carbonyl (C=O) groups excluding carboxylic acids is 1. The van der Waals surface area contributed by atoms with Crippen LogP contribution >= 0.6 is 22.7 Å². The van der Waals surface area contributed by atoms with Gasteiger partial charge in [-0.15, -0.1) is 11.3 Å². The minimum atomic E-state index is -0.165. The van der Waals surface area contributed by atoms with Crippen molar-refractivity contribution < 1.29 is 4.79 Å². The van der Waals surface area contributed by atoms with Gasteiger partial charge in [-0.3, -0.25) is 4.79 Å². The molecule has 1 aliphatic heterocycles. The second-order valence-corrected chi connectivity index (χ2v) is 8.79. The van der Waals surface area contributed by atoms with Crippen molar-refractivity contribution in [2.24, 2.45) is 5.10 Å². The minimum Gasteiger partial charge on any atom is -0.273 e. The molecule has 0 radical (unpaired) electrons. The molecule has 1 aliphatic rings. The van der Waals surface area contributed by atoms with E-state index >= 15 is 0 Å². The van der Waals surface area contributed by atoms with Crippen LogP contribution in [0.5, 0.6) is 0 Å². The number of carbonyl (C=O) groups is 1. The molecule has 5 rings (SSSR count). The van der Waals surface area contributed by atoms with Crippen LogP contribution in [-0.2, 0) is 4.79 Å². The van der Waals surface area contributed by atoms with E-state index in [0.29, 0.717) is 12.8 Å². The topological polar surface area (TPSA) is 50.5 Å². The first-order valence-corrected chi connectivity index (χ1v) is 11.7. The molecule has 4 aromatic rings. The van der Waals surface area contributed by atoms with Gasteiger partial charge in [0.15, 0.2) is 0 Å². The van der Waals surface area contributed by atoms with Gasteiger partial charge < -0.3 is 0 Å². The van der Waals surface area contributed by atoms with Gasteiger partial charge in [0.2, 0.25) is 5.91 Å². The smallest absolute Gasteiger partial charge is 0.242 e. The lowest BCUT2D eigenvalue weighted by Crippen LogP contribution is -2.26. The molecule has 30 heavy (non-hydrogen) atoms. The Labute approximate surface area is 182 Å². The van der Waals surface area contributed by atoms with E-state index in [1.54, 1.807) is 27.7 Å². The van der Waals surface area contributed by atoms with Gasteiger partial charge in [-0.05, 0) is 35.0 Å². The molecule has 1 atom stereocenters. The molecule has 4 heterocycles. The number of amides is 1. The molecule has 0 bridgehead atoms. The third kappa shape index (κ3) is 3.40. The zero-order valence-corrected chi connectivity index (χ0v) is 18.1. The highest BCUT2D eigenvalue weighted by Gasteiger charge is 2.35. The summed E-state index contributed by atoms with van der Waals surface area (Å²) in [5.74, 6) is 0.0234. The zero-order chi connectivity index (χ0) is 20.5. The van der Waals surface area contributed by atoms with E-state index in [0.717, 1.165) is 33.1 Å². The second-order valence-electron chi connectivity index (χ2n) is 7.06. The number of para-hydroxylation sites is 1. The molecule has 3 aromatic heterocycles. The quantitative estimate of drug-likeness (QED) is 0.403. The SMILES string of the molecule is CCC(=O)N1N=C(c2cccs2)C[C@H]1c1cn(-c2ccccc2)nc1-c1ccsc1. The highest BCUT2D eigenvalue weighted by Crippen LogP contribution is 2.39. The van der Waals surface area contributed by atoms with E-state index in [1.807, 2.05) is 53.4 Å². The van der Waals surface area contributed by atoms with E-state index in [2.05, 4.69) is 29.1 Å². The van der Waals surface area contributed by atoms with E-state index in [9.17, 15) is 4.79 Å². The van der Waals surface area contributed by atoms with Gasteiger partial charge in [-0.2, -0.15) is 21.5 Å². The fourth-order valence-corrected chi connectivity index (χ4v) is 5.07. The van der Waals surface area contributed by atoms with Gasteiger partial charge in [-0.1, -0.05) is 31.2 Å². The van der Waals surface area contributed by atoms with Crippen LogP contribution in [-0.4, -0.2) is 26.4 Å². The fraction of sp³-hybridized carbons (Fsp3) is 0.174. The number of hydrazone groups is 1. The van der Waals surface area contributed by atoms with Crippen LogP contribution in [0.4, 0.5) is 0 Å². The van der Waals surface area contributed by atoms with Gasteiger partial charge in [0.1, 0.15) is 0 Å². The Hall–Kier alpha value is -3.03. The molecule has 0 N–H and O–H groups in total. The molecule has 0 saturated carbocycles. The summed E-state index contributed by atoms with van der Waals surface area (Å²) in [7, 11) is 0. The maximum atomic E-state index is 12.8. The largest absolute Gasteiger partial charge is 0.273 e. The van der Waals surface area contributed by atoms with Crippen molar-refractivity contribution in [2.45, 2.75) is 25.8 Å². The van der Waals surface area contributed by atoms with E-state index in [1.165, 1.54) is 0 Å². The Kier molecular flexibility index (Phi) is 5.06. The van der Waals surface area contributed by atoms with Gasteiger partial charge in [-0.25, -0.2) is 9.69 Å². The summed E-state index contributed by atoms with van der Waals surface area (Å²) in [5, 5.41) is 17.5. The normalized spacial score (nSPS) is 16.1. The summed E-state index contributed by atoms with van der Waals surface area (Å²) >= 11 is 3.30. The molecule has 1 aromatic carbocycles. The Balaban J connectivity index is 1.61. The van der Waals surface area contributed by atoms with Crippen molar-refractivity contribution in [3.05, 3.63) is 81.3 Å². The average Bonchev–Trinajstić information content (AvgIpc) is 3.57. The molecule has 0 spiro atoms. The predicted molar refractivity (Wildman–Crippen MR) is 122 cm³/mol. The Bertz CT molecular complexity index is 1180. The number of benzene rings is 1. The predicted octanol–water partition coefficient (Wildman–Crippen LogP) is 5.75. The van der Waals surface area contributed by atoms with Crippen molar-refractivity contribution in [3.8, 4) is 16.9 Å². The Morgan fingerprint density at radius 3 is 2.70 bits per heavy atom. The molecule has 5 nitrogen and oxygen atoms in total. The molecule has 0 unspecified atom stereocenters. The summed E-state index contributed by atoms with van der Waals surface area (Å²) < 4.78 is 1.90. The summed E-state index contributed by atoms with van der Waals surface area (Å²) in [6, 6.07) is 16.1. The van der Waals surface area contributed by atoms with Crippen LogP contribution in [0.15, 0.2) is 76.0 Å². The molecular weight excluding hydrogens is 412 g/mol. The van der Waals surface area contributed by atoms with E-state index in [-0.39, 0.29) is 11.9 Å². The van der Waals surface area contributed by atoms with Gasteiger partial charge in [0, 0.05) is 35.5 Å².